The van der Waals surface area contributed by atoms with Gasteiger partial charge in [0.25, 0.3) is 0 Å². The van der Waals surface area contributed by atoms with Gasteiger partial charge < -0.3 is 10.0 Å². The molecule has 29 heavy (non-hydrogen) atoms. The molecule has 1 saturated heterocycles. The number of amides is 2. The Hall–Kier alpha value is -3.65. The fourth-order valence-electron chi connectivity index (χ4n) is 3.69. The zero-order valence-corrected chi connectivity index (χ0v) is 15.6. The van der Waals surface area contributed by atoms with Crippen LogP contribution in [0.15, 0.2) is 42.5 Å². The van der Waals surface area contributed by atoms with Crippen molar-refractivity contribution >= 4 is 23.5 Å². The van der Waals surface area contributed by atoms with Gasteiger partial charge in [-0.15, -0.1) is 0 Å². The predicted molar refractivity (Wildman–Crippen MR) is 106 cm³/mol. The minimum atomic E-state index is -0.580. The molecule has 144 valence electrons. The summed E-state index contributed by atoms with van der Waals surface area (Å²) in [5.41, 5.74) is 4.31. The first kappa shape index (κ1) is 18.7. The Labute approximate surface area is 167 Å². The van der Waals surface area contributed by atoms with Gasteiger partial charge in [-0.05, 0) is 35.7 Å². The highest BCUT2D eigenvalue weighted by Crippen LogP contribution is 2.36. The van der Waals surface area contributed by atoms with Crippen molar-refractivity contribution in [2.75, 3.05) is 0 Å². The van der Waals surface area contributed by atoms with E-state index in [2.05, 4.69) is 17.2 Å². The van der Waals surface area contributed by atoms with Gasteiger partial charge in [0.1, 0.15) is 11.7 Å². The highest BCUT2D eigenvalue weighted by molar-refractivity contribution is 6.02. The molecule has 2 aliphatic heterocycles. The van der Waals surface area contributed by atoms with E-state index in [0.29, 0.717) is 24.2 Å². The number of carbonyl (C=O) groups excluding carboxylic acids is 3. The zero-order chi connectivity index (χ0) is 20.4. The molecule has 0 aliphatic carbocycles. The normalized spacial score (nSPS) is 17.9. The Morgan fingerprint density at radius 2 is 1.90 bits per heavy atom. The summed E-state index contributed by atoms with van der Waals surface area (Å²) in [7, 11) is 0. The Morgan fingerprint density at radius 1 is 1.10 bits per heavy atom. The second-order valence-electron chi connectivity index (χ2n) is 6.98. The van der Waals surface area contributed by atoms with E-state index in [9.17, 15) is 14.4 Å². The van der Waals surface area contributed by atoms with E-state index in [1.54, 1.807) is 4.90 Å². The first-order valence-corrected chi connectivity index (χ1v) is 9.30. The summed E-state index contributed by atoms with van der Waals surface area (Å²) in [5, 5.41) is 11.5. The molecule has 0 spiro atoms. The number of aliphatic hydroxyl groups excluding tert-OH is 1. The number of carbonyl (C=O) groups is 2. The average molecular weight is 386 g/mol. The van der Waals surface area contributed by atoms with Crippen LogP contribution in [0.25, 0.3) is 5.70 Å². The van der Waals surface area contributed by atoms with Crippen LogP contribution in [0, 0.1) is 11.8 Å². The lowest BCUT2D eigenvalue weighted by molar-refractivity contribution is -0.136. The number of rotatable bonds is 2. The molecule has 0 radical (unpaired) electrons. The van der Waals surface area contributed by atoms with E-state index in [0.717, 1.165) is 22.3 Å². The van der Waals surface area contributed by atoms with E-state index in [-0.39, 0.29) is 18.9 Å². The van der Waals surface area contributed by atoms with Crippen molar-refractivity contribution in [2.24, 2.45) is 0 Å². The molecule has 0 bridgehead atoms. The highest BCUT2D eigenvalue weighted by atomic mass is 16.3. The molecule has 2 aromatic rings. The molecule has 2 aromatic carbocycles. The largest absolute Gasteiger partial charge is 0.392 e. The van der Waals surface area contributed by atoms with Crippen molar-refractivity contribution in [2.45, 2.75) is 32.0 Å². The van der Waals surface area contributed by atoms with E-state index in [4.69, 9.17) is 5.11 Å². The topological polar surface area (TPSA) is 86.7 Å². The number of piperidine rings is 1. The van der Waals surface area contributed by atoms with Crippen molar-refractivity contribution in [1.29, 1.82) is 0 Å². The monoisotopic (exact) mass is 386 g/mol. The van der Waals surface area contributed by atoms with Gasteiger partial charge in [-0.3, -0.25) is 14.9 Å². The number of nitrogens with zero attached hydrogens (tertiary/aromatic N) is 1. The van der Waals surface area contributed by atoms with E-state index < -0.39 is 11.9 Å². The van der Waals surface area contributed by atoms with Crippen LogP contribution in [-0.4, -0.2) is 33.8 Å². The minimum Gasteiger partial charge on any atom is -0.392 e. The van der Waals surface area contributed by atoms with E-state index in [1.807, 2.05) is 48.4 Å². The van der Waals surface area contributed by atoms with Crippen LogP contribution >= 0.6 is 0 Å². The summed E-state index contributed by atoms with van der Waals surface area (Å²) >= 11 is 0. The van der Waals surface area contributed by atoms with Gasteiger partial charge in [0.05, 0.1) is 6.61 Å². The quantitative estimate of drug-likeness (QED) is 0.463. The predicted octanol–water partition coefficient (Wildman–Crippen LogP) is 1.37. The molecule has 1 unspecified atom stereocenters. The van der Waals surface area contributed by atoms with Gasteiger partial charge in [-0.25, -0.2) is 4.79 Å². The third kappa shape index (κ3) is 3.57. The number of aliphatic hydroxyl groups is 1. The molecular formula is C23H18N2O4. The number of fused-ring (bicyclic) bond motifs is 1. The van der Waals surface area contributed by atoms with Crippen LogP contribution in [0.3, 0.4) is 0 Å². The Bertz CT molecular complexity index is 1100. The summed E-state index contributed by atoms with van der Waals surface area (Å²) < 4.78 is 0. The van der Waals surface area contributed by atoms with Gasteiger partial charge >= 0.3 is 0 Å². The summed E-state index contributed by atoms with van der Waals surface area (Å²) in [6.07, 6.45) is 0.605. The summed E-state index contributed by atoms with van der Waals surface area (Å²) in [6.45, 7) is 0.345. The van der Waals surface area contributed by atoms with E-state index in [1.165, 1.54) is 0 Å². The van der Waals surface area contributed by atoms with Crippen LogP contribution in [0.1, 0.15) is 40.7 Å². The third-order valence-corrected chi connectivity index (χ3v) is 5.21. The molecular weight excluding hydrogens is 368 g/mol. The minimum absolute atomic E-state index is 0.0170. The van der Waals surface area contributed by atoms with Crippen LogP contribution in [0.5, 0.6) is 0 Å². The van der Waals surface area contributed by atoms with Gasteiger partial charge in [0.15, 0.2) is 5.94 Å². The summed E-state index contributed by atoms with van der Waals surface area (Å²) in [6, 6.07) is 12.3. The number of hydrogen-bond donors (Lipinski definition) is 2. The van der Waals surface area contributed by atoms with Crippen molar-refractivity contribution in [1.82, 2.24) is 10.2 Å². The maximum atomic E-state index is 12.3. The number of benzene rings is 2. The number of nitrogens with one attached hydrogen (secondary N) is 1. The van der Waals surface area contributed by atoms with Crippen LogP contribution in [0.2, 0.25) is 0 Å². The second-order valence-corrected chi connectivity index (χ2v) is 6.98. The summed E-state index contributed by atoms with van der Waals surface area (Å²) in [4.78, 5) is 37.1. The number of hydrogen-bond acceptors (Lipinski definition) is 5. The van der Waals surface area contributed by atoms with Crippen molar-refractivity contribution in [3.63, 3.8) is 0 Å². The van der Waals surface area contributed by atoms with Crippen molar-refractivity contribution in [3.05, 3.63) is 70.3 Å². The Kier molecular flexibility index (Phi) is 5.01. The zero-order valence-electron chi connectivity index (χ0n) is 15.6. The summed E-state index contributed by atoms with van der Waals surface area (Å²) in [5.74, 6) is 7.54. The standard InChI is InChI=1S/C23H18N2O4/c26-13-16-6-4-15(5-7-16)8-9-17-2-1-3-18-19(17)12-25(21(18)14-27)20-10-11-22(28)24-23(20)29/h1-7,20,26H,10-13H2,(H,24,28,29). The maximum absolute atomic E-state index is 12.3. The van der Waals surface area contributed by atoms with Gasteiger partial charge in [-0.2, -0.15) is 0 Å². The molecule has 6 heteroatoms. The van der Waals surface area contributed by atoms with Crippen LogP contribution in [-0.2, 0) is 27.5 Å². The molecule has 2 heterocycles. The fourth-order valence-corrected chi connectivity index (χ4v) is 3.69. The maximum Gasteiger partial charge on any atom is 0.249 e. The number of imide groups is 1. The van der Waals surface area contributed by atoms with Crippen LogP contribution < -0.4 is 5.32 Å². The second kappa shape index (κ2) is 7.76. The fraction of sp³-hybridized carbons (Fsp3) is 0.217. The van der Waals surface area contributed by atoms with Gasteiger partial charge in [0, 0.05) is 29.7 Å². The van der Waals surface area contributed by atoms with Crippen molar-refractivity contribution < 1.29 is 19.5 Å². The first-order valence-electron chi connectivity index (χ1n) is 9.30. The SMILES string of the molecule is O=C=C1c2cccc(C#Cc3ccc(CO)cc3)c2CN1C1CCC(=O)NC1=O. The lowest BCUT2D eigenvalue weighted by Crippen LogP contribution is -2.50. The molecule has 0 aromatic heterocycles. The van der Waals surface area contributed by atoms with E-state index >= 15 is 0 Å². The molecule has 6 nitrogen and oxygen atoms in total. The molecule has 1 fully saturated rings. The molecule has 1 atom stereocenters. The Morgan fingerprint density at radius 3 is 2.59 bits per heavy atom. The van der Waals surface area contributed by atoms with Gasteiger partial charge in [0.2, 0.25) is 11.8 Å². The third-order valence-electron chi connectivity index (χ3n) is 5.21. The molecule has 4 rings (SSSR count). The van der Waals surface area contributed by atoms with Crippen molar-refractivity contribution in [3.8, 4) is 11.8 Å². The molecule has 2 N–H and O–H groups in total. The molecule has 0 saturated carbocycles. The Balaban J connectivity index is 1.65. The lowest BCUT2D eigenvalue weighted by Gasteiger charge is -2.30. The average Bonchev–Trinajstić information content (AvgIpc) is 3.11. The van der Waals surface area contributed by atoms with Crippen LogP contribution in [0.4, 0.5) is 0 Å². The molecule has 2 aliphatic rings. The molecule has 2 amide bonds. The lowest BCUT2D eigenvalue weighted by atomic mass is 10.0. The smallest absolute Gasteiger partial charge is 0.249 e. The first-order chi connectivity index (χ1) is 14.1. The van der Waals surface area contributed by atoms with Gasteiger partial charge in [-0.1, -0.05) is 36.1 Å². The highest BCUT2D eigenvalue weighted by Gasteiger charge is 2.38.